The van der Waals surface area contributed by atoms with Crippen LogP contribution >= 0.6 is 0 Å². The fraction of sp³-hybridized carbons (Fsp3) is 0.0625. The van der Waals surface area contributed by atoms with Crippen molar-refractivity contribution in [1.29, 1.82) is 0 Å². The molecule has 1 heterocycles. The van der Waals surface area contributed by atoms with Gasteiger partial charge in [-0.05, 0) is 18.2 Å². The van der Waals surface area contributed by atoms with E-state index in [9.17, 15) is 22.4 Å². The molecule has 0 spiro atoms. The predicted octanol–water partition coefficient (Wildman–Crippen LogP) is 3.86. The monoisotopic (exact) mass is 338 g/mol. The minimum atomic E-state index is -3.95. The minimum Gasteiger partial charge on any atom is -0.360 e. The van der Waals surface area contributed by atoms with E-state index in [1.807, 2.05) is 0 Å². The molecule has 0 aliphatic carbocycles. The standard InChI is InChI=1S/C16H10F4N2O2/c17-12-6-10-11(8-21-14(10)7-13(12)18)16(19,20)24-22-15(23)9-4-2-1-3-5-9/h1-8,21H,(H,22,23). The van der Waals surface area contributed by atoms with Gasteiger partial charge in [0.1, 0.15) is 0 Å². The zero-order chi connectivity index (χ0) is 17.3. The Kier molecular flexibility index (Phi) is 3.98. The number of hydrogen-bond acceptors (Lipinski definition) is 2. The number of H-pyrrole nitrogens is 1. The van der Waals surface area contributed by atoms with Crippen molar-refractivity contribution in [2.24, 2.45) is 0 Å². The van der Waals surface area contributed by atoms with Gasteiger partial charge in [-0.3, -0.25) is 4.79 Å². The fourth-order valence-electron chi connectivity index (χ4n) is 2.17. The maximum Gasteiger partial charge on any atom is 0.404 e. The summed E-state index contributed by atoms with van der Waals surface area (Å²) in [5, 5.41) is -0.257. The van der Waals surface area contributed by atoms with E-state index in [0.29, 0.717) is 6.07 Å². The third-order valence-corrected chi connectivity index (χ3v) is 3.34. The maximum atomic E-state index is 14.2. The molecule has 4 nitrogen and oxygen atoms in total. The summed E-state index contributed by atoms with van der Waals surface area (Å²) in [5.74, 6) is -3.31. The zero-order valence-corrected chi connectivity index (χ0v) is 11.9. The largest absolute Gasteiger partial charge is 0.404 e. The Morgan fingerprint density at radius 1 is 1.08 bits per heavy atom. The zero-order valence-electron chi connectivity index (χ0n) is 11.9. The second-order valence-electron chi connectivity index (χ2n) is 4.93. The Labute approximate surface area is 133 Å². The van der Waals surface area contributed by atoms with E-state index in [-0.39, 0.29) is 16.5 Å². The van der Waals surface area contributed by atoms with Crippen LogP contribution in [0.1, 0.15) is 15.9 Å². The first-order valence-corrected chi connectivity index (χ1v) is 6.76. The van der Waals surface area contributed by atoms with Crippen molar-refractivity contribution < 1.29 is 27.2 Å². The van der Waals surface area contributed by atoms with Crippen molar-refractivity contribution in [3.05, 3.63) is 71.4 Å². The minimum absolute atomic E-state index is 0.0263. The van der Waals surface area contributed by atoms with Gasteiger partial charge in [-0.25, -0.2) is 14.3 Å². The van der Waals surface area contributed by atoms with E-state index in [1.54, 1.807) is 23.7 Å². The van der Waals surface area contributed by atoms with Gasteiger partial charge in [0.05, 0.1) is 5.56 Å². The number of hydrogen-bond donors (Lipinski definition) is 2. The van der Waals surface area contributed by atoms with Gasteiger partial charge in [0, 0.05) is 28.7 Å². The van der Waals surface area contributed by atoms with Crippen LogP contribution in [-0.2, 0) is 10.9 Å². The van der Waals surface area contributed by atoms with E-state index in [1.165, 1.54) is 12.1 Å². The highest BCUT2D eigenvalue weighted by atomic mass is 19.3. The SMILES string of the molecule is O=C(NOC(F)(F)c1c[nH]c2cc(F)c(F)cc12)c1ccccc1. The third-order valence-electron chi connectivity index (χ3n) is 3.34. The molecular weight excluding hydrogens is 328 g/mol. The van der Waals surface area contributed by atoms with E-state index < -0.39 is 29.2 Å². The van der Waals surface area contributed by atoms with Crippen molar-refractivity contribution in [3.63, 3.8) is 0 Å². The highest BCUT2D eigenvalue weighted by Crippen LogP contribution is 2.34. The molecule has 1 aromatic heterocycles. The van der Waals surface area contributed by atoms with Gasteiger partial charge in [0.2, 0.25) is 0 Å². The summed E-state index contributed by atoms with van der Waals surface area (Å²) in [5.41, 5.74) is 1.01. The first-order valence-electron chi connectivity index (χ1n) is 6.76. The third kappa shape index (κ3) is 2.95. The average molecular weight is 338 g/mol. The number of nitrogens with one attached hydrogen (secondary N) is 2. The lowest BCUT2D eigenvalue weighted by atomic mass is 10.1. The number of halogens is 4. The molecule has 0 aliphatic rings. The molecule has 1 amide bonds. The quantitative estimate of drug-likeness (QED) is 0.561. The van der Waals surface area contributed by atoms with Crippen LogP contribution < -0.4 is 5.48 Å². The van der Waals surface area contributed by atoms with Gasteiger partial charge in [0.25, 0.3) is 5.91 Å². The summed E-state index contributed by atoms with van der Waals surface area (Å²) in [6, 6.07) is 9.00. The summed E-state index contributed by atoms with van der Waals surface area (Å²) < 4.78 is 54.7. The van der Waals surface area contributed by atoms with Crippen molar-refractivity contribution in [1.82, 2.24) is 10.5 Å². The van der Waals surface area contributed by atoms with Gasteiger partial charge < -0.3 is 4.98 Å². The number of fused-ring (bicyclic) bond motifs is 1. The summed E-state index contributed by atoms with van der Waals surface area (Å²) in [6.45, 7) is 0. The van der Waals surface area contributed by atoms with Gasteiger partial charge in [-0.2, -0.15) is 13.6 Å². The molecule has 0 saturated heterocycles. The molecule has 0 aliphatic heterocycles. The van der Waals surface area contributed by atoms with Gasteiger partial charge in [-0.1, -0.05) is 18.2 Å². The lowest BCUT2D eigenvalue weighted by Crippen LogP contribution is -2.32. The number of aromatic nitrogens is 1. The molecule has 3 rings (SSSR count). The Morgan fingerprint density at radius 2 is 1.75 bits per heavy atom. The number of alkyl halides is 2. The number of hydroxylamine groups is 1. The van der Waals surface area contributed by atoms with Crippen LogP contribution in [0.5, 0.6) is 0 Å². The van der Waals surface area contributed by atoms with Gasteiger partial charge >= 0.3 is 6.11 Å². The lowest BCUT2D eigenvalue weighted by Gasteiger charge is -2.16. The molecule has 0 unspecified atom stereocenters. The summed E-state index contributed by atoms with van der Waals surface area (Å²) >= 11 is 0. The molecule has 24 heavy (non-hydrogen) atoms. The Bertz CT molecular complexity index is 894. The highest BCUT2D eigenvalue weighted by molar-refractivity contribution is 5.93. The average Bonchev–Trinajstić information content (AvgIpc) is 2.97. The predicted molar refractivity (Wildman–Crippen MR) is 77.1 cm³/mol. The molecular formula is C16H10F4N2O2. The Hall–Kier alpha value is -2.87. The number of carbonyl (C=O) groups is 1. The number of amides is 1. The molecule has 2 aromatic carbocycles. The number of benzene rings is 2. The van der Waals surface area contributed by atoms with E-state index in [0.717, 1.165) is 12.3 Å². The number of rotatable bonds is 4. The van der Waals surface area contributed by atoms with Crippen LogP contribution in [0.2, 0.25) is 0 Å². The van der Waals surface area contributed by atoms with Crippen LogP contribution in [0.25, 0.3) is 10.9 Å². The molecule has 8 heteroatoms. The van der Waals surface area contributed by atoms with Gasteiger partial charge in [0.15, 0.2) is 11.6 Å². The van der Waals surface area contributed by atoms with Crippen molar-refractivity contribution in [2.75, 3.05) is 0 Å². The Morgan fingerprint density at radius 3 is 2.46 bits per heavy atom. The van der Waals surface area contributed by atoms with Crippen LogP contribution in [-0.4, -0.2) is 10.9 Å². The number of aromatic amines is 1. The first kappa shape index (κ1) is 16.0. The molecule has 124 valence electrons. The molecule has 0 atom stereocenters. The molecule has 3 aromatic rings. The smallest absolute Gasteiger partial charge is 0.360 e. The van der Waals surface area contributed by atoms with Crippen molar-refractivity contribution >= 4 is 16.8 Å². The molecule has 0 saturated carbocycles. The summed E-state index contributed by atoms with van der Waals surface area (Å²) in [6.07, 6.45) is -3.09. The molecule has 0 fully saturated rings. The van der Waals surface area contributed by atoms with E-state index in [4.69, 9.17) is 0 Å². The fourth-order valence-corrected chi connectivity index (χ4v) is 2.17. The van der Waals surface area contributed by atoms with E-state index >= 15 is 0 Å². The summed E-state index contributed by atoms with van der Waals surface area (Å²) in [7, 11) is 0. The van der Waals surface area contributed by atoms with Crippen LogP contribution in [0.4, 0.5) is 17.6 Å². The maximum absolute atomic E-state index is 14.2. The second kappa shape index (κ2) is 5.97. The second-order valence-corrected chi connectivity index (χ2v) is 4.93. The van der Waals surface area contributed by atoms with Crippen LogP contribution in [0.3, 0.4) is 0 Å². The highest BCUT2D eigenvalue weighted by Gasteiger charge is 2.37. The lowest BCUT2D eigenvalue weighted by molar-refractivity contribution is -0.271. The summed E-state index contributed by atoms with van der Waals surface area (Å²) in [4.78, 5) is 18.3. The first-order chi connectivity index (χ1) is 11.4. The van der Waals surface area contributed by atoms with Crippen molar-refractivity contribution in [3.8, 4) is 0 Å². The molecule has 0 radical (unpaired) electrons. The van der Waals surface area contributed by atoms with Crippen LogP contribution in [0, 0.1) is 11.6 Å². The normalized spacial score (nSPS) is 11.7. The Balaban J connectivity index is 1.83. The van der Waals surface area contributed by atoms with E-state index in [2.05, 4.69) is 9.82 Å². The van der Waals surface area contributed by atoms with Crippen LogP contribution in [0.15, 0.2) is 48.7 Å². The van der Waals surface area contributed by atoms with Crippen molar-refractivity contribution in [2.45, 2.75) is 6.11 Å². The van der Waals surface area contributed by atoms with Gasteiger partial charge in [-0.15, -0.1) is 0 Å². The molecule has 2 N–H and O–H groups in total. The number of carbonyl (C=O) groups excluding carboxylic acids is 1. The molecule has 0 bridgehead atoms. The topological polar surface area (TPSA) is 54.1 Å².